The number of pyridine rings is 1. The number of anilines is 3. The summed E-state index contributed by atoms with van der Waals surface area (Å²) >= 11 is 0. The minimum Gasteiger partial charge on any atom is -0.372 e. The van der Waals surface area contributed by atoms with Gasteiger partial charge in [0.2, 0.25) is 0 Å². The lowest BCUT2D eigenvalue weighted by atomic mass is 10.1. The summed E-state index contributed by atoms with van der Waals surface area (Å²) in [6, 6.07) is 21.0. The Labute approximate surface area is 182 Å². The Morgan fingerprint density at radius 3 is 2.48 bits per heavy atom. The molecule has 0 unspecified atom stereocenters. The first-order valence-electron chi connectivity index (χ1n) is 10.7. The highest BCUT2D eigenvalue weighted by atomic mass is 16.5. The number of rotatable bonds is 4. The Kier molecular flexibility index (Phi) is 5.08. The molecule has 1 fully saturated rings. The molecule has 2 aromatic heterocycles. The summed E-state index contributed by atoms with van der Waals surface area (Å²) in [6.45, 7) is 6.08. The number of ether oxygens (including phenoxy) is 1. The van der Waals surface area contributed by atoms with Gasteiger partial charge in [-0.15, -0.1) is 0 Å². The van der Waals surface area contributed by atoms with E-state index < -0.39 is 0 Å². The molecule has 1 saturated heterocycles. The van der Waals surface area contributed by atoms with Gasteiger partial charge in [0.05, 0.1) is 29.6 Å². The van der Waals surface area contributed by atoms with E-state index in [1.807, 2.05) is 17.8 Å². The zero-order valence-corrected chi connectivity index (χ0v) is 18.1. The van der Waals surface area contributed by atoms with E-state index in [9.17, 15) is 0 Å². The van der Waals surface area contributed by atoms with Crippen molar-refractivity contribution in [3.05, 3.63) is 66.9 Å². The van der Waals surface area contributed by atoms with Crippen LogP contribution in [0.2, 0.25) is 0 Å². The molecule has 6 heteroatoms. The van der Waals surface area contributed by atoms with Crippen molar-refractivity contribution in [1.29, 1.82) is 0 Å². The lowest BCUT2D eigenvalue weighted by Gasteiger charge is -2.37. The quantitative estimate of drug-likeness (QED) is 0.511. The molecule has 2 aromatic carbocycles. The Bertz CT molecular complexity index is 1210. The molecule has 3 heterocycles. The normalized spacial score (nSPS) is 19.0. The first-order chi connectivity index (χ1) is 15.0. The van der Waals surface area contributed by atoms with Crippen molar-refractivity contribution in [3.63, 3.8) is 0 Å². The maximum absolute atomic E-state index is 5.88. The highest BCUT2D eigenvalue weighted by molar-refractivity contribution is 5.79. The van der Waals surface area contributed by atoms with E-state index in [-0.39, 0.29) is 12.2 Å². The molecule has 0 bridgehead atoms. The molecular weight excluding hydrogens is 386 g/mol. The molecule has 0 amide bonds. The maximum Gasteiger partial charge on any atom is 0.109 e. The number of morpholine rings is 1. The molecule has 4 aromatic rings. The first-order valence-corrected chi connectivity index (χ1v) is 10.7. The second kappa shape index (κ2) is 8.04. The van der Waals surface area contributed by atoms with Crippen molar-refractivity contribution in [2.75, 3.05) is 23.3 Å². The molecule has 1 aliphatic heterocycles. The van der Waals surface area contributed by atoms with Gasteiger partial charge in [-0.2, -0.15) is 5.10 Å². The largest absolute Gasteiger partial charge is 0.372 e. The average molecular weight is 414 g/mol. The number of benzene rings is 2. The molecule has 31 heavy (non-hydrogen) atoms. The third-order valence-electron chi connectivity index (χ3n) is 5.68. The summed E-state index contributed by atoms with van der Waals surface area (Å²) in [5.41, 5.74) is 7.26. The van der Waals surface area contributed by atoms with Crippen LogP contribution in [0.4, 0.5) is 17.1 Å². The van der Waals surface area contributed by atoms with Crippen molar-refractivity contribution >= 4 is 28.1 Å². The van der Waals surface area contributed by atoms with Gasteiger partial charge >= 0.3 is 0 Å². The number of aromatic nitrogens is 3. The van der Waals surface area contributed by atoms with Gasteiger partial charge in [-0.3, -0.25) is 4.68 Å². The van der Waals surface area contributed by atoms with E-state index in [1.165, 1.54) is 5.69 Å². The fraction of sp³-hybridized carbons (Fsp3) is 0.280. The molecule has 1 aliphatic rings. The fourth-order valence-electron chi connectivity index (χ4n) is 4.29. The van der Waals surface area contributed by atoms with E-state index in [0.29, 0.717) is 0 Å². The third kappa shape index (κ3) is 4.11. The first kappa shape index (κ1) is 19.6. The third-order valence-corrected chi connectivity index (χ3v) is 5.68. The molecule has 1 N–H and O–H groups in total. The summed E-state index contributed by atoms with van der Waals surface area (Å²) < 4.78 is 7.72. The Balaban J connectivity index is 1.38. The predicted octanol–water partition coefficient (Wildman–Crippen LogP) is 4.99. The summed E-state index contributed by atoms with van der Waals surface area (Å²) in [4.78, 5) is 7.17. The number of fused-ring (bicyclic) bond motifs is 1. The average Bonchev–Trinajstić information content (AvgIpc) is 3.14. The standard InChI is InChI=1S/C25H27N5O/c1-17-15-30(16-18(2)31-17)22-9-5-8-21(13-22)27-20-7-4-6-19(12-20)23-10-11-25-24(28-23)14-26-29(25)3/h4-14,17-18,27H,15-16H2,1-3H3/t17-,18+. The molecule has 5 rings (SSSR count). The van der Waals surface area contributed by atoms with Crippen LogP contribution in [0, 0.1) is 0 Å². The maximum atomic E-state index is 5.88. The van der Waals surface area contributed by atoms with E-state index in [2.05, 4.69) is 83.8 Å². The molecular formula is C25H27N5O. The van der Waals surface area contributed by atoms with Crippen molar-refractivity contribution in [1.82, 2.24) is 14.8 Å². The van der Waals surface area contributed by atoms with E-state index in [1.54, 1.807) is 6.20 Å². The molecule has 2 atom stereocenters. The van der Waals surface area contributed by atoms with Crippen LogP contribution < -0.4 is 10.2 Å². The van der Waals surface area contributed by atoms with Crippen LogP contribution in [0.25, 0.3) is 22.3 Å². The van der Waals surface area contributed by atoms with Gasteiger partial charge in [0.25, 0.3) is 0 Å². The van der Waals surface area contributed by atoms with Crippen LogP contribution in [-0.4, -0.2) is 40.1 Å². The molecule has 158 valence electrons. The lowest BCUT2D eigenvalue weighted by molar-refractivity contribution is -0.00521. The summed E-state index contributed by atoms with van der Waals surface area (Å²) in [5.74, 6) is 0. The second-order valence-electron chi connectivity index (χ2n) is 8.29. The van der Waals surface area contributed by atoms with Gasteiger partial charge in [-0.05, 0) is 56.3 Å². The van der Waals surface area contributed by atoms with Crippen LogP contribution >= 0.6 is 0 Å². The Morgan fingerprint density at radius 1 is 0.935 bits per heavy atom. The van der Waals surface area contributed by atoms with Crippen molar-refractivity contribution < 1.29 is 4.74 Å². The zero-order valence-electron chi connectivity index (χ0n) is 18.1. The van der Waals surface area contributed by atoms with Crippen LogP contribution in [0.3, 0.4) is 0 Å². The van der Waals surface area contributed by atoms with Gasteiger partial charge in [-0.1, -0.05) is 18.2 Å². The van der Waals surface area contributed by atoms with Gasteiger partial charge in [0, 0.05) is 42.8 Å². The predicted molar refractivity (Wildman–Crippen MR) is 126 cm³/mol. The van der Waals surface area contributed by atoms with Gasteiger partial charge < -0.3 is 15.0 Å². The van der Waals surface area contributed by atoms with Crippen LogP contribution in [0.15, 0.2) is 66.9 Å². The molecule has 6 nitrogen and oxygen atoms in total. The summed E-state index contributed by atoms with van der Waals surface area (Å²) in [5, 5.41) is 7.85. The van der Waals surface area contributed by atoms with Crippen molar-refractivity contribution in [2.24, 2.45) is 7.05 Å². The number of nitrogens with one attached hydrogen (secondary N) is 1. The summed E-state index contributed by atoms with van der Waals surface area (Å²) in [6.07, 6.45) is 2.28. The fourth-order valence-corrected chi connectivity index (χ4v) is 4.29. The van der Waals surface area contributed by atoms with Crippen LogP contribution in [0.5, 0.6) is 0 Å². The van der Waals surface area contributed by atoms with E-state index >= 15 is 0 Å². The molecule has 0 spiro atoms. The second-order valence-corrected chi connectivity index (χ2v) is 8.29. The zero-order chi connectivity index (χ0) is 21.4. The number of aryl methyl sites for hydroxylation is 1. The number of hydrogen-bond donors (Lipinski definition) is 1. The smallest absolute Gasteiger partial charge is 0.109 e. The molecule has 0 radical (unpaired) electrons. The minimum absolute atomic E-state index is 0.238. The highest BCUT2D eigenvalue weighted by Gasteiger charge is 2.22. The highest BCUT2D eigenvalue weighted by Crippen LogP contribution is 2.28. The minimum atomic E-state index is 0.238. The topological polar surface area (TPSA) is 55.2 Å². The van der Waals surface area contributed by atoms with Crippen LogP contribution in [-0.2, 0) is 11.8 Å². The monoisotopic (exact) mass is 413 g/mol. The number of nitrogens with zero attached hydrogens (tertiary/aromatic N) is 4. The van der Waals surface area contributed by atoms with E-state index in [0.717, 1.165) is 46.8 Å². The van der Waals surface area contributed by atoms with E-state index in [4.69, 9.17) is 9.72 Å². The molecule has 0 saturated carbocycles. The van der Waals surface area contributed by atoms with Crippen molar-refractivity contribution in [2.45, 2.75) is 26.1 Å². The molecule has 0 aliphatic carbocycles. The number of hydrogen-bond acceptors (Lipinski definition) is 5. The lowest BCUT2D eigenvalue weighted by Crippen LogP contribution is -2.45. The van der Waals surface area contributed by atoms with Gasteiger partial charge in [-0.25, -0.2) is 4.98 Å². The van der Waals surface area contributed by atoms with Crippen LogP contribution in [0.1, 0.15) is 13.8 Å². The van der Waals surface area contributed by atoms with Gasteiger partial charge in [0.1, 0.15) is 5.52 Å². The Hall–Kier alpha value is -3.38. The Morgan fingerprint density at radius 2 is 1.68 bits per heavy atom. The van der Waals surface area contributed by atoms with Crippen molar-refractivity contribution in [3.8, 4) is 11.3 Å². The summed E-state index contributed by atoms with van der Waals surface area (Å²) in [7, 11) is 1.93. The van der Waals surface area contributed by atoms with Gasteiger partial charge in [0.15, 0.2) is 0 Å². The SMILES string of the molecule is C[C@@H]1CN(c2cccc(Nc3cccc(-c4ccc5c(cnn5C)n4)c3)c2)C[C@H](C)O1.